The van der Waals surface area contributed by atoms with E-state index in [-0.39, 0.29) is 30.5 Å². The molecule has 0 bridgehead atoms. The number of benzene rings is 3. The first-order valence-electron chi connectivity index (χ1n) is 14.2. The smallest absolute Gasteiger partial charge is 0.347 e. The number of methoxy groups -OCH3 is 2. The monoisotopic (exact) mass is 716 g/mol. The van der Waals surface area contributed by atoms with Gasteiger partial charge in [-0.15, -0.1) is 11.3 Å². The number of phenols is 1. The van der Waals surface area contributed by atoms with Crippen molar-refractivity contribution in [2.75, 3.05) is 14.2 Å². The first kappa shape index (κ1) is 31.8. The molecule has 6 rings (SSSR count). The van der Waals surface area contributed by atoms with Crippen molar-refractivity contribution in [3.8, 4) is 45.0 Å². The summed E-state index contributed by atoms with van der Waals surface area (Å²) in [5.41, 5.74) is 2.60. The van der Waals surface area contributed by atoms with E-state index in [0.717, 1.165) is 16.0 Å². The van der Waals surface area contributed by atoms with Crippen molar-refractivity contribution in [3.63, 3.8) is 0 Å². The summed E-state index contributed by atoms with van der Waals surface area (Å²) in [7, 11) is 2.84. The van der Waals surface area contributed by atoms with Gasteiger partial charge in [-0.1, -0.05) is 24.3 Å². The van der Waals surface area contributed by atoms with Gasteiger partial charge in [-0.25, -0.2) is 29.1 Å². The number of hydrogen-bond donors (Lipinski definition) is 1. The van der Waals surface area contributed by atoms with Gasteiger partial charge in [0.2, 0.25) is 12.0 Å². The number of aromatic nitrogens is 4. The lowest BCUT2D eigenvalue weighted by molar-refractivity contribution is -0.148. The Hall–Kier alpha value is -5.14. The van der Waals surface area contributed by atoms with Gasteiger partial charge in [0, 0.05) is 18.2 Å². The van der Waals surface area contributed by atoms with E-state index in [9.17, 15) is 14.3 Å². The molecule has 0 radical (unpaired) electrons. The van der Waals surface area contributed by atoms with Gasteiger partial charge in [-0.3, -0.25) is 0 Å². The van der Waals surface area contributed by atoms with Gasteiger partial charge in [0.05, 0.1) is 40.2 Å². The molecule has 3 aromatic heterocycles. The number of aromatic hydroxyl groups is 1. The molecule has 47 heavy (non-hydrogen) atoms. The normalized spacial score (nSPS) is 11.7. The number of fused-ring (bicyclic) bond motifs is 1. The Morgan fingerprint density at radius 1 is 1.00 bits per heavy atom. The third-order valence-corrected chi connectivity index (χ3v) is 9.31. The van der Waals surface area contributed by atoms with Gasteiger partial charge in [-0.05, 0) is 70.0 Å². The van der Waals surface area contributed by atoms with Gasteiger partial charge in [0.15, 0.2) is 5.82 Å². The van der Waals surface area contributed by atoms with Crippen LogP contribution in [0.3, 0.4) is 0 Å². The van der Waals surface area contributed by atoms with E-state index in [4.69, 9.17) is 18.9 Å². The molecular weight excluding hydrogens is 691 g/mol. The number of carbonyl (C=O) groups excluding carboxylic acids is 1. The molecule has 0 aliphatic rings. The lowest BCUT2D eigenvalue weighted by Crippen LogP contribution is -2.31. The molecule has 1 atom stereocenters. The van der Waals surface area contributed by atoms with Crippen LogP contribution in [0.25, 0.3) is 32.0 Å². The Morgan fingerprint density at radius 2 is 1.81 bits per heavy atom. The van der Waals surface area contributed by atoms with Crippen LogP contribution >= 0.6 is 27.3 Å². The highest BCUT2D eigenvalue weighted by atomic mass is 79.9. The zero-order valence-electron chi connectivity index (χ0n) is 25.0. The lowest BCUT2D eigenvalue weighted by atomic mass is 10.1. The molecule has 10 nitrogen and oxygen atoms in total. The number of ether oxygens (including phenoxy) is 4. The Balaban J connectivity index is 1.26. The van der Waals surface area contributed by atoms with E-state index in [0.29, 0.717) is 43.3 Å². The van der Waals surface area contributed by atoms with Crippen LogP contribution in [0.2, 0.25) is 0 Å². The van der Waals surface area contributed by atoms with Crippen LogP contribution in [-0.2, 0) is 22.6 Å². The fraction of sp³-hybridized carbons (Fsp3) is 0.147. The minimum absolute atomic E-state index is 0.0228. The zero-order chi connectivity index (χ0) is 32.9. The zero-order valence-corrected chi connectivity index (χ0v) is 27.4. The van der Waals surface area contributed by atoms with Crippen molar-refractivity contribution in [1.82, 2.24) is 19.9 Å². The Bertz CT molecular complexity index is 2060. The van der Waals surface area contributed by atoms with E-state index < -0.39 is 12.1 Å². The van der Waals surface area contributed by atoms with Crippen molar-refractivity contribution in [3.05, 3.63) is 107 Å². The number of hydrogen-bond acceptors (Lipinski definition) is 11. The largest absolute Gasteiger partial charge is 0.508 e. The summed E-state index contributed by atoms with van der Waals surface area (Å²) in [5.74, 6) is 0.643. The Morgan fingerprint density at radius 3 is 2.60 bits per heavy atom. The molecule has 3 aromatic carbocycles. The quantitative estimate of drug-likeness (QED) is 0.138. The third kappa shape index (κ3) is 7.00. The lowest BCUT2D eigenvalue weighted by Gasteiger charge is -2.19. The molecule has 0 amide bonds. The molecule has 0 unspecified atom stereocenters. The Labute approximate surface area is 280 Å². The molecule has 238 valence electrons. The summed E-state index contributed by atoms with van der Waals surface area (Å²) in [6.07, 6.45) is 1.79. The molecule has 0 saturated carbocycles. The van der Waals surface area contributed by atoms with Gasteiger partial charge in [0.25, 0.3) is 0 Å². The van der Waals surface area contributed by atoms with Crippen LogP contribution in [0, 0.1) is 5.82 Å². The first-order chi connectivity index (χ1) is 22.8. The molecule has 0 aliphatic heterocycles. The minimum Gasteiger partial charge on any atom is -0.508 e. The summed E-state index contributed by atoms with van der Waals surface area (Å²) in [4.78, 5) is 32.1. The van der Waals surface area contributed by atoms with Crippen LogP contribution in [0.5, 0.6) is 23.1 Å². The molecule has 0 aliphatic carbocycles. The van der Waals surface area contributed by atoms with E-state index in [1.54, 1.807) is 37.6 Å². The van der Waals surface area contributed by atoms with Crippen molar-refractivity contribution in [2.24, 2.45) is 0 Å². The maximum Gasteiger partial charge on any atom is 0.347 e. The van der Waals surface area contributed by atoms with Crippen LogP contribution < -0.4 is 14.2 Å². The predicted molar refractivity (Wildman–Crippen MR) is 177 cm³/mol. The molecule has 0 spiro atoms. The first-order valence-corrected chi connectivity index (χ1v) is 15.8. The number of carbonyl (C=O) groups is 1. The Kier molecular flexibility index (Phi) is 9.55. The number of halogens is 2. The molecule has 0 saturated heterocycles. The summed E-state index contributed by atoms with van der Waals surface area (Å²) in [6.45, 7) is 0.0761. The number of esters is 1. The van der Waals surface area contributed by atoms with E-state index in [1.807, 2.05) is 24.3 Å². The predicted octanol–water partition coefficient (Wildman–Crippen LogP) is 7.17. The maximum absolute atomic E-state index is 13.6. The SMILES string of the molecule is COC(=O)[C@@H](Cc1cc(O)ccc1OCc1ccnc(-c2ccccc2OC)n1)Oc1ncnc2sc(-c3ccc(F)cc3)c(Br)c12. The van der Waals surface area contributed by atoms with Crippen molar-refractivity contribution in [2.45, 2.75) is 19.1 Å². The standard InChI is InChI=1S/C34H26BrFN4O6S/c1-43-26-6-4-3-5-24(26)31-37-14-13-22(40-31)17-45-25-12-11-23(41)15-20(25)16-27(34(42)44-2)46-32-28-29(35)30(47-33(28)39-18-38-32)19-7-9-21(36)10-8-19/h3-15,18,27,41H,16-17H2,1-2H3/t27-/m1/s1. The summed E-state index contributed by atoms with van der Waals surface area (Å²) >= 11 is 5.00. The van der Waals surface area contributed by atoms with Gasteiger partial charge < -0.3 is 24.1 Å². The van der Waals surface area contributed by atoms with Crippen LogP contribution in [0.1, 0.15) is 11.3 Å². The van der Waals surface area contributed by atoms with Crippen molar-refractivity contribution in [1.29, 1.82) is 0 Å². The number of phenolic OH excluding ortho intramolecular Hbond substituents is 1. The second kappa shape index (κ2) is 14.1. The van der Waals surface area contributed by atoms with Crippen LogP contribution in [0.15, 0.2) is 89.8 Å². The molecule has 1 N–H and O–H groups in total. The molecule has 0 fully saturated rings. The average Bonchev–Trinajstić information content (AvgIpc) is 3.44. The van der Waals surface area contributed by atoms with Gasteiger partial charge >= 0.3 is 5.97 Å². The summed E-state index contributed by atoms with van der Waals surface area (Å²) in [5, 5.41) is 10.9. The summed E-state index contributed by atoms with van der Waals surface area (Å²) in [6, 6.07) is 19.9. The van der Waals surface area contributed by atoms with Crippen molar-refractivity contribution >= 4 is 43.5 Å². The fourth-order valence-electron chi connectivity index (χ4n) is 4.84. The maximum atomic E-state index is 13.6. The number of para-hydroxylation sites is 1. The van der Waals surface area contributed by atoms with Crippen molar-refractivity contribution < 1.29 is 33.2 Å². The van der Waals surface area contributed by atoms with E-state index in [2.05, 4.69) is 35.9 Å². The van der Waals surface area contributed by atoms with Crippen LogP contribution in [-0.4, -0.2) is 51.3 Å². The van der Waals surface area contributed by atoms with E-state index >= 15 is 0 Å². The topological polar surface area (TPSA) is 126 Å². The fourth-order valence-corrected chi connectivity index (χ4v) is 6.83. The molecule has 13 heteroatoms. The molecule has 6 aromatic rings. The highest BCUT2D eigenvalue weighted by Gasteiger charge is 2.27. The molecular formula is C34H26BrFN4O6S. The number of rotatable bonds is 11. The number of thiophene rings is 1. The summed E-state index contributed by atoms with van der Waals surface area (Å²) < 4.78 is 37.1. The highest BCUT2D eigenvalue weighted by molar-refractivity contribution is 9.10. The van der Waals surface area contributed by atoms with Crippen LogP contribution in [0.4, 0.5) is 4.39 Å². The van der Waals surface area contributed by atoms with Gasteiger partial charge in [-0.2, -0.15) is 0 Å². The third-order valence-electron chi connectivity index (χ3n) is 7.11. The second-order valence-corrected chi connectivity index (χ2v) is 11.9. The van der Waals surface area contributed by atoms with Gasteiger partial charge in [0.1, 0.15) is 40.8 Å². The minimum atomic E-state index is -1.17. The molecule has 3 heterocycles. The highest BCUT2D eigenvalue weighted by Crippen LogP contribution is 2.44. The average molecular weight is 718 g/mol. The number of nitrogens with zero attached hydrogens (tertiary/aromatic N) is 4. The van der Waals surface area contributed by atoms with E-state index in [1.165, 1.54) is 49.0 Å². The second-order valence-electron chi connectivity index (χ2n) is 10.1.